The Hall–Kier alpha value is -2.77. The molecule has 1 aliphatic heterocycles. The van der Waals surface area contributed by atoms with Gasteiger partial charge in [0, 0.05) is 25.3 Å². The van der Waals surface area contributed by atoms with E-state index in [0.29, 0.717) is 12.8 Å². The number of aromatic nitrogens is 1. The molecule has 1 aromatic carbocycles. The Morgan fingerprint density at radius 1 is 1.08 bits per heavy atom. The first-order valence-corrected chi connectivity index (χ1v) is 7.91. The maximum atomic E-state index is 13.6. The van der Waals surface area contributed by atoms with Crippen molar-refractivity contribution >= 4 is 17.5 Å². The van der Waals surface area contributed by atoms with Crippen molar-refractivity contribution in [1.82, 2.24) is 10.3 Å². The highest BCUT2D eigenvalue weighted by Crippen LogP contribution is 2.20. The molecule has 0 bridgehead atoms. The second-order valence-electron chi connectivity index (χ2n) is 5.77. The number of anilines is 2. The second-order valence-corrected chi connectivity index (χ2v) is 5.77. The van der Waals surface area contributed by atoms with Crippen LogP contribution in [0.25, 0.3) is 0 Å². The molecular weight excluding hydrogens is 333 g/mol. The van der Waals surface area contributed by atoms with Crippen molar-refractivity contribution in [3.8, 4) is 0 Å². The first kappa shape index (κ1) is 17.1. The fourth-order valence-electron chi connectivity index (χ4n) is 2.76. The number of pyridine rings is 1. The van der Waals surface area contributed by atoms with Gasteiger partial charge < -0.3 is 15.5 Å². The molecular formula is C17H17F3N4O. The first-order valence-electron chi connectivity index (χ1n) is 7.91. The van der Waals surface area contributed by atoms with Crippen LogP contribution in [-0.4, -0.2) is 30.1 Å². The summed E-state index contributed by atoms with van der Waals surface area (Å²) < 4.78 is 39.6. The van der Waals surface area contributed by atoms with E-state index < -0.39 is 29.2 Å². The molecule has 0 radical (unpaired) electrons. The minimum absolute atomic E-state index is 0.0895. The highest BCUT2D eigenvalue weighted by Gasteiger charge is 2.22. The van der Waals surface area contributed by atoms with E-state index in [4.69, 9.17) is 0 Å². The van der Waals surface area contributed by atoms with Crippen LogP contribution >= 0.6 is 0 Å². The number of piperidine rings is 1. The van der Waals surface area contributed by atoms with Crippen LogP contribution in [0.3, 0.4) is 0 Å². The molecule has 1 aliphatic rings. The molecule has 2 heterocycles. The molecule has 1 aromatic heterocycles. The number of amides is 2. The summed E-state index contributed by atoms with van der Waals surface area (Å²) in [5.41, 5.74) is -0.401. The lowest BCUT2D eigenvalue weighted by atomic mass is 10.1. The van der Waals surface area contributed by atoms with Crippen LogP contribution in [0.1, 0.15) is 12.8 Å². The smallest absolute Gasteiger partial charge is 0.319 e. The van der Waals surface area contributed by atoms with Gasteiger partial charge in [0.2, 0.25) is 0 Å². The summed E-state index contributed by atoms with van der Waals surface area (Å²) in [4.78, 5) is 18.4. The number of carbonyl (C=O) groups is 1. The molecule has 0 saturated carbocycles. The third-order valence-corrected chi connectivity index (χ3v) is 4.09. The van der Waals surface area contributed by atoms with Gasteiger partial charge >= 0.3 is 6.03 Å². The van der Waals surface area contributed by atoms with E-state index in [1.165, 1.54) is 0 Å². The van der Waals surface area contributed by atoms with Crippen molar-refractivity contribution in [1.29, 1.82) is 0 Å². The molecule has 3 rings (SSSR count). The van der Waals surface area contributed by atoms with E-state index in [-0.39, 0.29) is 6.04 Å². The zero-order chi connectivity index (χ0) is 17.8. The van der Waals surface area contributed by atoms with E-state index in [2.05, 4.69) is 20.5 Å². The Kier molecular flexibility index (Phi) is 5.06. The van der Waals surface area contributed by atoms with E-state index in [1.54, 1.807) is 6.20 Å². The SMILES string of the molecule is O=C(Nc1ccc(F)c(F)c1F)NC1CCN(c2ccccn2)CC1. The maximum Gasteiger partial charge on any atom is 0.319 e. The average Bonchev–Trinajstić information content (AvgIpc) is 2.63. The van der Waals surface area contributed by atoms with Gasteiger partial charge in [-0.2, -0.15) is 0 Å². The van der Waals surface area contributed by atoms with Crippen LogP contribution in [-0.2, 0) is 0 Å². The van der Waals surface area contributed by atoms with E-state index in [1.807, 2.05) is 18.2 Å². The first-order chi connectivity index (χ1) is 12.0. The fraction of sp³-hybridized carbons (Fsp3) is 0.294. The topological polar surface area (TPSA) is 57.3 Å². The van der Waals surface area contributed by atoms with Crippen molar-refractivity contribution in [2.75, 3.05) is 23.3 Å². The molecule has 0 aliphatic carbocycles. The summed E-state index contributed by atoms with van der Waals surface area (Å²) in [5, 5.41) is 4.93. The molecule has 5 nitrogen and oxygen atoms in total. The number of nitrogens with one attached hydrogen (secondary N) is 2. The molecule has 0 spiro atoms. The van der Waals surface area contributed by atoms with E-state index in [9.17, 15) is 18.0 Å². The number of carbonyl (C=O) groups excluding carboxylic acids is 1. The van der Waals surface area contributed by atoms with Gasteiger partial charge in [0.1, 0.15) is 5.82 Å². The Morgan fingerprint density at radius 3 is 2.52 bits per heavy atom. The highest BCUT2D eigenvalue weighted by atomic mass is 19.2. The van der Waals surface area contributed by atoms with Gasteiger partial charge in [-0.1, -0.05) is 6.07 Å². The number of rotatable bonds is 3. The summed E-state index contributed by atoms with van der Waals surface area (Å²) in [6.07, 6.45) is 3.12. The molecule has 1 saturated heterocycles. The van der Waals surface area contributed by atoms with Gasteiger partial charge in [-0.15, -0.1) is 0 Å². The van der Waals surface area contributed by atoms with Gasteiger partial charge in [-0.3, -0.25) is 0 Å². The lowest BCUT2D eigenvalue weighted by molar-refractivity contribution is 0.245. The van der Waals surface area contributed by atoms with Crippen molar-refractivity contribution in [2.45, 2.75) is 18.9 Å². The summed E-state index contributed by atoms with van der Waals surface area (Å²) >= 11 is 0. The molecule has 1 fully saturated rings. The molecule has 2 aromatic rings. The van der Waals surface area contributed by atoms with Crippen LogP contribution in [0.2, 0.25) is 0 Å². The fourth-order valence-corrected chi connectivity index (χ4v) is 2.76. The van der Waals surface area contributed by atoms with Gasteiger partial charge in [0.05, 0.1) is 5.69 Å². The Bertz CT molecular complexity index is 749. The van der Waals surface area contributed by atoms with Crippen LogP contribution in [0.4, 0.5) is 29.5 Å². The van der Waals surface area contributed by atoms with Gasteiger partial charge in [-0.25, -0.2) is 22.9 Å². The summed E-state index contributed by atoms with van der Waals surface area (Å²) in [5.74, 6) is -3.44. The van der Waals surface area contributed by atoms with Crippen molar-refractivity contribution < 1.29 is 18.0 Å². The predicted octanol–water partition coefficient (Wildman–Crippen LogP) is 3.29. The number of hydrogen-bond donors (Lipinski definition) is 2. The predicted molar refractivity (Wildman–Crippen MR) is 87.9 cm³/mol. The second kappa shape index (κ2) is 7.42. The largest absolute Gasteiger partial charge is 0.356 e. The maximum absolute atomic E-state index is 13.6. The Morgan fingerprint density at radius 2 is 1.84 bits per heavy atom. The zero-order valence-electron chi connectivity index (χ0n) is 13.3. The summed E-state index contributed by atoms with van der Waals surface area (Å²) in [6, 6.07) is 6.69. The quantitative estimate of drug-likeness (QED) is 0.835. The molecule has 0 unspecified atom stereocenters. The van der Waals surface area contributed by atoms with E-state index >= 15 is 0 Å². The van der Waals surface area contributed by atoms with Gasteiger partial charge in [0.25, 0.3) is 0 Å². The van der Waals surface area contributed by atoms with Crippen LogP contribution in [0.15, 0.2) is 36.5 Å². The van der Waals surface area contributed by atoms with Gasteiger partial charge in [-0.05, 0) is 37.1 Å². The number of hydrogen-bond acceptors (Lipinski definition) is 3. The monoisotopic (exact) mass is 350 g/mol. The standard InChI is InChI=1S/C17H17F3N4O/c18-12-4-5-13(16(20)15(12)19)23-17(25)22-11-6-9-24(10-7-11)14-3-1-2-8-21-14/h1-5,8,11H,6-7,9-10H2,(H2,22,23,25). The van der Waals surface area contributed by atoms with E-state index in [0.717, 1.165) is 31.0 Å². The molecule has 8 heteroatoms. The number of urea groups is 1. The number of nitrogens with zero attached hydrogens (tertiary/aromatic N) is 2. The van der Waals surface area contributed by atoms with Crippen LogP contribution < -0.4 is 15.5 Å². The third-order valence-electron chi connectivity index (χ3n) is 4.09. The van der Waals surface area contributed by atoms with Crippen molar-refractivity contribution in [3.63, 3.8) is 0 Å². The lowest BCUT2D eigenvalue weighted by Crippen LogP contribution is -2.46. The molecule has 25 heavy (non-hydrogen) atoms. The summed E-state index contributed by atoms with van der Waals surface area (Å²) in [6.45, 7) is 1.45. The molecule has 2 amide bonds. The van der Waals surface area contributed by atoms with Crippen molar-refractivity contribution in [3.05, 3.63) is 54.0 Å². The lowest BCUT2D eigenvalue weighted by Gasteiger charge is -2.33. The normalized spacial score (nSPS) is 15.1. The minimum atomic E-state index is -1.61. The third kappa shape index (κ3) is 4.01. The van der Waals surface area contributed by atoms with Crippen molar-refractivity contribution in [2.24, 2.45) is 0 Å². The Balaban J connectivity index is 1.52. The molecule has 0 atom stereocenters. The summed E-state index contributed by atoms with van der Waals surface area (Å²) in [7, 11) is 0. The minimum Gasteiger partial charge on any atom is -0.356 e. The molecule has 2 N–H and O–H groups in total. The Labute approximate surface area is 142 Å². The molecule has 132 valence electrons. The number of halogens is 3. The van der Waals surface area contributed by atoms with Crippen LogP contribution in [0, 0.1) is 17.5 Å². The van der Waals surface area contributed by atoms with Gasteiger partial charge in [0.15, 0.2) is 17.5 Å². The average molecular weight is 350 g/mol. The zero-order valence-corrected chi connectivity index (χ0v) is 13.3. The number of benzene rings is 1. The highest BCUT2D eigenvalue weighted by molar-refractivity contribution is 5.89. The van der Waals surface area contributed by atoms with Crippen LogP contribution in [0.5, 0.6) is 0 Å².